The Hall–Kier alpha value is -2.97. The van der Waals surface area contributed by atoms with E-state index >= 15 is 0 Å². The lowest BCUT2D eigenvalue weighted by Crippen LogP contribution is -2.44. The number of amides is 2. The SMILES string of the molecule is CCOC(=O)CCCOc1cc(C)c(N(C(=O)OC(C)(C)C)C(=O)OC(C)(C)C)c(N)c1. The molecule has 180 valence electrons. The number of imide groups is 1. The number of nitrogens with two attached hydrogens (primary N) is 1. The van der Waals surface area contributed by atoms with Crippen molar-refractivity contribution in [2.45, 2.75) is 79.4 Å². The van der Waals surface area contributed by atoms with E-state index in [1.54, 1.807) is 61.5 Å². The fourth-order valence-electron chi connectivity index (χ4n) is 2.67. The Morgan fingerprint density at radius 2 is 1.50 bits per heavy atom. The quantitative estimate of drug-likeness (QED) is 0.266. The van der Waals surface area contributed by atoms with Crippen LogP contribution in [-0.4, -0.2) is 42.6 Å². The van der Waals surface area contributed by atoms with Crippen molar-refractivity contribution in [3.63, 3.8) is 0 Å². The van der Waals surface area contributed by atoms with E-state index in [1.165, 1.54) is 6.07 Å². The predicted octanol–water partition coefficient (Wildman–Crippen LogP) is 4.98. The molecule has 0 aliphatic rings. The summed E-state index contributed by atoms with van der Waals surface area (Å²) in [6, 6.07) is 3.16. The number of esters is 1. The summed E-state index contributed by atoms with van der Waals surface area (Å²) in [4.78, 5) is 38.0. The first-order chi connectivity index (χ1) is 14.6. The topological polar surface area (TPSA) is 117 Å². The average molecular weight is 453 g/mol. The third kappa shape index (κ3) is 9.03. The van der Waals surface area contributed by atoms with Gasteiger partial charge in [-0.05, 0) is 73.4 Å². The van der Waals surface area contributed by atoms with Gasteiger partial charge >= 0.3 is 18.2 Å². The van der Waals surface area contributed by atoms with Crippen LogP contribution in [0.25, 0.3) is 0 Å². The molecule has 2 amide bonds. The van der Waals surface area contributed by atoms with E-state index in [-0.39, 0.29) is 30.4 Å². The average Bonchev–Trinajstić information content (AvgIpc) is 2.58. The van der Waals surface area contributed by atoms with Crippen LogP contribution in [0.4, 0.5) is 21.0 Å². The molecule has 0 radical (unpaired) electrons. The molecule has 1 aromatic carbocycles. The Labute approximate surface area is 190 Å². The molecule has 0 aliphatic carbocycles. The summed E-state index contributed by atoms with van der Waals surface area (Å²) in [5.74, 6) is 0.161. The molecule has 0 aromatic heterocycles. The number of carbonyl (C=O) groups is 3. The summed E-state index contributed by atoms with van der Waals surface area (Å²) in [6.07, 6.45) is -1.08. The van der Waals surface area contributed by atoms with Crippen molar-refractivity contribution in [2.75, 3.05) is 23.8 Å². The normalized spacial score (nSPS) is 11.5. The number of benzene rings is 1. The van der Waals surface area contributed by atoms with Crippen molar-refractivity contribution >= 4 is 29.5 Å². The maximum absolute atomic E-state index is 12.9. The molecule has 9 heteroatoms. The fourth-order valence-corrected chi connectivity index (χ4v) is 2.67. The Balaban J connectivity index is 3.12. The van der Waals surface area contributed by atoms with E-state index in [1.807, 2.05) is 0 Å². The molecule has 0 saturated heterocycles. The lowest BCUT2D eigenvalue weighted by Gasteiger charge is -2.30. The predicted molar refractivity (Wildman–Crippen MR) is 122 cm³/mol. The van der Waals surface area contributed by atoms with Gasteiger partial charge in [0.25, 0.3) is 0 Å². The summed E-state index contributed by atoms with van der Waals surface area (Å²) in [5, 5.41) is 0. The van der Waals surface area contributed by atoms with Crippen molar-refractivity contribution < 1.29 is 33.3 Å². The summed E-state index contributed by atoms with van der Waals surface area (Å²) < 4.78 is 21.4. The van der Waals surface area contributed by atoms with Crippen LogP contribution in [0, 0.1) is 6.92 Å². The second-order valence-electron chi connectivity index (χ2n) is 9.23. The Morgan fingerprint density at radius 3 is 1.94 bits per heavy atom. The van der Waals surface area contributed by atoms with Gasteiger partial charge in [0.05, 0.1) is 24.6 Å². The minimum Gasteiger partial charge on any atom is -0.493 e. The highest BCUT2D eigenvalue weighted by Gasteiger charge is 2.35. The molecule has 0 bridgehead atoms. The second kappa shape index (κ2) is 11.1. The minimum atomic E-state index is -0.898. The molecule has 0 spiro atoms. The van der Waals surface area contributed by atoms with E-state index in [0.717, 1.165) is 4.90 Å². The van der Waals surface area contributed by atoms with Gasteiger partial charge in [0, 0.05) is 12.5 Å². The van der Waals surface area contributed by atoms with E-state index in [2.05, 4.69) is 0 Å². The number of nitrogens with zero attached hydrogens (tertiary/aromatic N) is 1. The zero-order valence-corrected chi connectivity index (χ0v) is 20.4. The molecular weight excluding hydrogens is 416 g/mol. The number of anilines is 2. The van der Waals surface area contributed by atoms with Crippen molar-refractivity contribution in [3.8, 4) is 5.75 Å². The number of nitrogen functional groups attached to an aromatic ring is 1. The lowest BCUT2D eigenvalue weighted by molar-refractivity contribution is -0.143. The van der Waals surface area contributed by atoms with E-state index in [4.69, 9.17) is 24.7 Å². The zero-order chi connectivity index (χ0) is 24.7. The molecule has 1 rings (SSSR count). The summed E-state index contributed by atoms with van der Waals surface area (Å²) in [7, 11) is 0. The summed E-state index contributed by atoms with van der Waals surface area (Å²) in [6.45, 7) is 14.2. The molecule has 1 aromatic rings. The van der Waals surface area contributed by atoms with Gasteiger partial charge in [-0.3, -0.25) is 4.79 Å². The summed E-state index contributed by atoms with van der Waals surface area (Å²) >= 11 is 0. The fraction of sp³-hybridized carbons (Fsp3) is 0.609. The monoisotopic (exact) mass is 452 g/mol. The molecule has 0 saturated carbocycles. The van der Waals surface area contributed by atoms with Gasteiger partial charge in [0.15, 0.2) is 0 Å². The number of hydrogen-bond acceptors (Lipinski definition) is 8. The van der Waals surface area contributed by atoms with Crippen LogP contribution >= 0.6 is 0 Å². The highest BCUT2D eigenvalue weighted by Crippen LogP contribution is 2.34. The summed E-state index contributed by atoms with van der Waals surface area (Å²) in [5.41, 5.74) is 5.36. The molecule has 2 N–H and O–H groups in total. The van der Waals surface area contributed by atoms with Crippen LogP contribution in [0.2, 0.25) is 0 Å². The number of carbonyl (C=O) groups excluding carboxylic acids is 3. The van der Waals surface area contributed by atoms with Gasteiger partial charge in [0.1, 0.15) is 17.0 Å². The Morgan fingerprint density at radius 1 is 0.969 bits per heavy atom. The van der Waals surface area contributed by atoms with Gasteiger partial charge in [0.2, 0.25) is 0 Å². The Bertz CT molecular complexity index is 772. The van der Waals surface area contributed by atoms with Gasteiger partial charge < -0.3 is 24.7 Å². The molecule has 9 nitrogen and oxygen atoms in total. The molecule has 32 heavy (non-hydrogen) atoms. The van der Waals surface area contributed by atoms with E-state index in [0.29, 0.717) is 24.3 Å². The smallest absolute Gasteiger partial charge is 0.424 e. The molecular formula is C23H36N2O7. The van der Waals surface area contributed by atoms with Gasteiger partial charge in [-0.15, -0.1) is 0 Å². The van der Waals surface area contributed by atoms with Crippen molar-refractivity contribution in [1.82, 2.24) is 0 Å². The molecule has 0 aliphatic heterocycles. The third-order valence-corrected chi connectivity index (χ3v) is 3.78. The molecule has 0 heterocycles. The number of hydrogen-bond donors (Lipinski definition) is 1. The zero-order valence-electron chi connectivity index (χ0n) is 20.4. The van der Waals surface area contributed by atoms with Crippen LogP contribution in [0.1, 0.15) is 66.9 Å². The lowest BCUT2D eigenvalue weighted by atomic mass is 10.1. The van der Waals surface area contributed by atoms with E-state index in [9.17, 15) is 14.4 Å². The number of ether oxygens (including phenoxy) is 4. The molecule has 0 unspecified atom stereocenters. The van der Waals surface area contributed by atoms with E-state index < -0.39 is 23.4 Å². The van der Waals surface area contributed by atoms with Crippen molar-refractivity contribution in [3.05, 3.63) is 17.7 Å². The highest BCUT2D eigenvalue weighted by atomic mass is 16.6. The highest BCUT2D eigenvalue weighted by molar-refractivity contribution is 6.12. The Kier molecular flexibility index (Phi) is 9.35. The first-order valence-corrected chi connectivity index (χ1v) is 10.6. The maximum Gasteiger partial charge on any atom is 0.424 e. The molecule has 0 atom stereocenters. The second-order valence-corrected chi connectivity index (χ2v) is 9.23. The maximum atomic E-state index is 12.9. The number of aryl methyl sites for hydroxylation is 1. The van der Waals surface area contributed by atoms with Gasteiger partial charge in [-0.2, -0.15) is 4.90 Å². The van der Waals surface area contributed by atoms with Crippen molar-refractivity contribution in [1.29, 1.82) is 0 Å². The van der Waals surface area contributed by atoms with Crippen LogP contribution in [-0.2, 0) is 19.0 Å². The third-order valence-electron chi connectivity index (χ3n) is 3.78. The van der Waals surface area contributed by atoms with Crippen LogP contribution in [0.5, 0.6) is 5.75 Å². The first-order valence-electron chi connectivity index (χ1n) is 10.6. The molecule has 0 fully saturated rings. The largest absolute Gasteiger partial charge is 0.493 e. The standard InChI is InChI=1S/C23H36N2O7/c1-9-29-18(26)11-10-12-30-16-13-15(2)19(17(24)14-16)25(20(27)31-22(3,4)5)21(28)32-23(6,7)8/h13-14H,9-12,24H2,1-8H3. The van der Waals surface area contributed by atoms with Crippen LogP contribution in [0.3, 0.4) is 0 Å². The first kappa shape index (κ1) is 27.1. The van der Waals surface area contributed by atoms with Crippen LogP contribution in [0.15, 0.2) is 12.1 Å². The van der Waals surface area contributed by atoms with Crippen LogP contribution < -0.4 is 15.4 Å². The minimum absolute atomic E-state index is 0.141. The van der Waals surface area contributed by atoms with Gasteiger partial charge in [-0.25, -0.2) is 9.59 Å². The van der Waals surface area contributed by atoms with Crippen molar-refractivity contribution in [2.24, 2.45) is 0 Å². The number of rotatable bonds is 7. The van der Waals surface area contributed by atoms with Gasteiger partial charge in [-0.1, -0.05) is 0 Å².